The van der Waals surface area contributed by atoms with Gasteiger partial charge in [0.1, 0.15) is 17.1 Å². The lowest BCUT2D eigenvalue weighted by molar-refractivity contribution is -0.143. The summed E-state index contributed by atoms with van der Waals surface area (Å²) >= 11 is 0. The molecule has 1 aliphatic rings. The van der Waals surface area contributed by atoms with Crippen molar-refractivity contribution in [3.63, 3.8) is 0 Å². The fraction of sp³-hybridized carbons (Fsp3) is 0.455. The molecule has 4 rings (SSSR count). The highest BCUT2D eigenvalue weighted by atomic mass is 16.5. The Kier molecular flexibility index (Phi) is 6.29. The molecule has 0 amide bonds. The van der Waals surface area contributed by atoms with Gasteiger partial charge in [-0.25, -0.2) is 14.3 Å². The largest absolute Gasteiger partial charge is 0.489 e. The lowest BCUT2D eigenvalue weighted by atomic mass is 9.87. The molecule has 0 bridgehead atoms. The van der Waals surface area contributed by atoms with Gasteiger partial charge in [0.25, 0.3) is 0 Å². The number of aromatic nitrogens is 7. The number of aliphatic carboxylic acids is 1. The number of ether oxygens (including phenoxy) is 1. The Hall–Kier alpha value is -3.56. The van der Waals surface area contributed by atoms with Crippen molar-refractivity contribution in [3.05, 3.63) is 41.5 Å². The predicted molar refractivity (Wildman–Crippen MR) is 117 cm³/mol. The Morgan fingerprint density at radius 1 is 1.28 bits per heavy atom. The summed E-state index contributed by atoms with van der Waals surface area (Å²) in [6, 6.07) is 3.74. The standard InChI is InChI=1S/C22H27N7O3/c1-4-6-16-12-29(27-24-16)13-19-21(25-26-28(19)3)18-9-10-20(14(2)23-18)32-17-8-5-7-15(11-17)22(30)31/h4,6,9-10,12,15,17H,5,7-8,11,13H2,1-3H3,(H,30,31)/b6-4+/t15-,17-/m0/s1. The quantitative estimate of drug-likeness (QED) is 0.599. The number of carbonyl (C=O) groups is 1. The molecule has 0 saturated heterocycles. The van der Waals surface area contributed by atoms with Crippen LogP contribution in [0.2, 0.25) is 0 Å². The molecule has 1 fully saturated rings. The van der Waals surface area contributed by atoms with Crippen molar-refractivity contribution in [3.8, 4) is 17.1 Å². The molecule has 2 atom stereocenters. The van der Waals surface area contributed by atoms with Crippen LogP contribution in [-0.4, -0.2) is 52.2 Å². The molecule has 0 radical (unpaired) electrons. The maximum atomic E-state index is 11.3. The van der Waals surface area contributed by atoms with Crippen LogP contribution in [0, 0.1) is 12.8 Å². The number of allylic oxidation sites excluding steroid dienone is 1. The summed E-state index contributed by atoms with van der Waals surface area (Å²) < 4.78 is 9.57. The molecule has 0 unspecified atom stereocenters. The second-order valence-corrected chi connectivity index (χ2v) is 8.07. The molecule has 1 aliphatic carbocycles. The Labute approximate surface area is 185 Å². The molecule has 3 heterocycles. The van der Waals surface area contributed by atoms with Gasteiger partial charge in [-0.3, -0.25) is 4.79 Å². The van der Waals surface area contributed by atoms with Crippen LogP contribution in [0.4, 0.5) is 0 Å². The highest BCUT2D eigenvalue weighted by molar-refractivity contribution is 5.70. The zero-order valence-corrected chi connectivity index (χ0v) is 18.5. The number of rotatable bonds is 7. The molecule has 32 heavy (non-hydrogen) atoms. The van der Waals surface area contributed by atoms with Crippen molar-refractivity contribution >= 4 is 12.0 Å². The van der Waals surface area contributed by atoms with E-state index in [-0.39, 0.29) is 12.0 Å². The maximum Gasteiger partial charge on any atom is 0.306 e. The minimum atomic E-state index is -0.746. The Morgan fingerprint density at radius 3 is 2.88 bits per heavy atom. The summed E-state index contributed by atoms with van der Waals surface area (Å²) in [6.45, 7) is 4.27. The number of aryl methyl sites for hydroxylation is 2. The Balaban J connectivity index is 1.52. The van der Waals surface area contributed by atoms with Gasteiger partial charge in [-0.2, -0.15) is 0 Å². The van der Waals surface area contributed by atoms with Gasteiger partial charge in [0.2, 0.25) is 0 Å². The zero-order chi connectivity index (χ0) is 22.7. The zero-order valence-electron chi connectivity index (χ0n) is 18.5. The van der Waals surface area contributed by atoms with Gasteiger partial charge in [-0.15, -0.1) is 10.2 Å². The Morgan fingerprint density at radius 2 is 2.12 bits per heavy atom. The van der Waals surface area contributed by atoms with E-state index >= 15 is 0 Å². The number of carboxylic acid groups (broad SMARTS) is 1. The molecule has 10 heteroatoms. The average molecular weight is 438 g/mol. The highest BCUT2D eigenvalue weighted by Crippen LogP contribution is 2.30. The third kappa shape index (κ3) is 4.68. The Bertz CT molecular complexity index is 1130. The predicted octanol–water partition coefficient (Wildman–Crippen LogP) is 2.88. The fourth-order valence-corrected chi connectivity index (χ4v) is 4.00. The van der Waals surface area contributed by atoms with E-state index in [4.69, 9.17) is 9.72 Å². The van der Waals surface area contributed by atoms with E-state index in [0.717, 1.165) is 29.9 Å². The second-order valence-electron chi connectivity index (χ2n) is 8.07. The molecule has 168 valence electrons. The molecule has 1 N–H and O–H groups in total. The highest BCUT2D eigenvalue weighted by Gasteiger charge is 2.28. The first-order valence-electron chi connectivity index (χ1n) is 10.7. The van der Waals surface area contributed by atoms with E-state index in [1.807, 2.05) is 51.4 Å². The van der Waals surface area contributed by atoms with Gasteiger partial charge in [-0.1, -0.05) is 16.5 Å². The van der Waals surface area contributed by atoms with Crippen molar-refractivity contribution in [1.82, 2.24) is 35.0 Å². The number of carboxylic acids is 1. The van der Waals surface area contributed by atoms with Crippen molar-refractivity contribution < 1.29 is 14.6 Å². The first-order chi connectivity index (χ1) is 15.4. The molecule has 3 aromatic heterocycles. The third-order valence-corrected chi connectivity index (χ3v) is 5.70. The van der Waals surface area contributed by atoms with Gasteiger partial charge in [0.05, 0.1) is 41.8 Å². The number of hydrogen-bond donors (Lipinski definition) is 1. The van der Waals surface area contributed by atoms with Gasteiger partial charge in [-0.05, 0) is 57.7 Å². The van der Waals surface area contributed by atoms with Crippen LogP contribution in [0.1, 0.15) is 49.7 Å². The summed E-state index contributed by atoms with van der Waals surface area (Å²) in [4.78, 5) is 16.0. The van der Waals surface area contributed by atoms with E-state index in [1.165, 1.54) is 0 Å². The van der Waals surface area contributed by atoms with Crippen LogP contribution in [0.3, 0.4) is 0 Å². The molecule has 0 aromatic carbocycles. The summed E-state index contributed by atoms with van der Waals surface area (Å²) in [7, 11) is 1.84. The molecule has 10 nitrogen and oxygen atoms in total. The smallest absolute Gasteiger partial charge is 0.306 e. The normalized spacial score (nSPS) is 18.8. The monoisotopic (exact) mass is 437 g/mol. The van der Waals surface area contributed by atoms with Crippen molar-refractivity contribution in [2.75, 3.05) is 0 Å². The maximum absolute atomic E-state index is 11.3. The minimum Gasteiger partial charge on any atom is -0.489 e. The van der Waals surface area contributed by atoms with Crippen molar-refractivity contribution in [1.29, 1.82) is 0 Å². The number of hydrogen-bond acceptors (Lipinski definition) is 7. The lowest BCUT2D eigenvalue weighted by Gasteiger charge is -2.27. The summed E-state index contributed by atoms with van der Waals surface area (Å²) in [5.41, 5.74) is 3.74. The van der Waals surface area contributed by atoms with E-state index in [2.05, 4.69) is 20.6 Å². The van der Waals surface area contributed by atoms with Crippen LogP contribution < -0.4 is 4.74 Å². The fourth-order valence-electron chi connectivity index (χ4n) is 4.00. The van der Waals surface area contributed by atoms with E-state index in [0.29, 0.717) is 36.5 Å². The SMILES string of the molecule is C/C=C/c1cn(Cc2c(-c3ccc(O[C@H]4CCC[C@H](C(=O)O)C4)c(C)n3)nnn2C)nn1. The minimum absolute atomic E-state index is 0.109. The molecular weight excluding hydrogens is 410 g/mol. The topological polar surface area (TPSA) is 121 Å². The van der Waals surface area contributed by atoms with Gasteiger partial charge in [0, 0.05) is 7.05 Å². The first kappa shape index (κ1) is 21.7. The van der Waals surface area contributed by atoms with E-state index in [1.54, 1.807) is 9.36 Å². The molecule has 0 spiro atoms. The summed E-state index contributed by atoms with van der Waals surface area (Å²) in [6.07, 6.45) is 8.50. The average Bonchev–Trinajstić information content (AvgIpc) is 3.37. The van der Waals surface area contributed by atoms with Crippen LogP contribution in [0.5, 0.6) is 5.75 Å². The third-order valence-electron chi connectivity index (χ3n) is 5.70. The van der Waals surface area contributed by atoms with Gasteiger partial charge < -0.3 is 9.84 Å². The van der Waals surface area contributed by atoms with E-state index < -0.39 is 5.97 Å². The molecule has 3 aromatic rings. The summed E-state index contributed by atoms with van der Waals surface area (Å²) in [5.74, 6) is -0.417. The number of nitrogens with zero attached hydrogens (tertiary/aromatic N) is 7. The summed E-state index contributed by atoms with van der Waals surface area (Å²) in [5, 5.41) is 26.1. The van der Waals surface area contributed by atoms with Crippen LogP contribution in [-0.2, 0) is 18.4 Å². The van der Waals surface area contributed by atoms with Crippen molar-refractivity contribution in [2.45, 2.75) is 52.2 Å². The van der Waals surface area contributed by atoms with Crippen molar-refractivity contribution in [2.24, 2.45) is 13.0 Å². The van der Waals surface area contributed by atoms with E-state index in [9.17, 15) is 9.90 Å². The first-order valence-corrected chi connectivity index (χ1v) is 10.7. The van der Waals surface area contributed by atoms with Gasteiger partial charge in [0.15, 0.2) is 0 Å². The van der Waals surface area contributed by atoms with Gasteiger partial charge >= 0.3 is 5.97 Å². The molecule has 1 saturated carbocycles. The lowest BCUT2D eigenvalue weighted by Crippen LogP contribution is -2.29. The molecule has 0 aliphatic heterocycles. The van der Waals surface area contributed by atoms with Crippen LogP contribution in [0.15, 0.2) is 24.4 Å². The number of pyridine rings is 1. The second kappa shape index (κ2) is 9.29. The van der Waals surface area contributed by atoms with Crippen LogP contribution in [0.25, 0.3) is 17.5 Å². The van der Waals surface area contributed by atoms with Crippen LogP contribution >= 0.6 is 0 Å². The molecular formula is C22H27N7O3.